The van der Waals surface area contributed by atoms with Gasteiger partial charge in [-0.2, -0.15) is 0 Å². The lowest BCUT2D eigenvalue weighted by Gasteiger charge is -2.18. The van der Waals surface area contributed by atoms with Crippen LogP contribution >= 0.6 is 0 Å². The van der Waals surface area contributed by atoms with Gasteiger partial charge in [-0.05, 0) is 57.8 Å². The summed E-state index contributed by atoms with van der Waals surface area (Å²) in [5.74, 6) is -0.875. The summed E-state index contributed by atoms with van der Waals surface area (Å²) in [6.07, 6.45) is 73.0. The largest absolute Gasteiger partial charge is 0.462 e. The first-order valence-electron chi connectivity index (χ1n) is 30.6. The third kappa shape index (κ3) is 56.3. The summed E-state index contributed by atoms with van der Waals surface area (Å²) in [4.78, 5) is 37.9. The predicted molar refractivity (Wildman–Crippen MR) is 302 cm³/mol. The number of esters is 3. The Bertz CT molecular complexity index is 1220. The maximum atomic E-state index is 12.8. The Morgan fingerprint density at radius 3 is 0.871 bits per heavy atom. The van der Waals surface area contributed by atoms with E-state index in [2.05, 4.69) is 69.4 Å². The number of ether oxygens (including phenoxy) is 3. The molecule has 0 aliphatic rings. The lowest BCUT2D eigenvalue weighted by atomic mass is 10.0. The highest BCUT2D eigenvalue weighted by molar-refractivity contribution is 5.71. The van der Waals surface area contributed by atoms with E-state index in [1.165, 1.54) is 193 Å². The fourth-order valence-electron chi connectivity index (χ4n) is 9.02. The van der Waals surface area contributed by atoms with Gasteiger partial charge in [-0.1, -0.05) is 294 Å². The zero-order chi connectivity index (χ0) is 50.7. The van der Waals surface area contributed by atoms with E-state index < -0.39 is 6.10 Å². The summed E-state index contributed by atoms with van der Waals surface area (Å²) in [5, 5.41) is 0. The van der Waals surface area contributed by atoms with Crippen LogP contribution in [0.4, 0.5) is 0 Å². The van der Waals surface area contributed by atoms with E-state index in [4.69, 9.17) is 14.2 Å². The summed E-state index contributed by atoms with van der Waals surface area (Å²) < 4.78 is 16.8. The maximum absolute atomic E-state index is 12.8. The van der Waals surface area contributed by atoms with Crippen molar-refractivity contribution in [2.45, 2.75) is 329 Å². The third-order valence-corrected chi connectivity index (χ3v) is 13.6. The predicted octanol–water partition coefficient (Wildman–Crippen LogP) is 20.6. The van der Waals surface area contributed by atoms with Crippen LogP contribution in [0.3, 0.4) is 0 Å². The molecule has 6 heteroatoms. The Morgan fingerprint density at radius 1 is 0.300 bits per heavy atom. The van der Waals surface area contributed by atoms with E-state index in [0.717, 1.165) is 89.9 Å². The molecule has 0 spiro atoms. The molecule has 1 atom stereocenters. The number of carbonyl (C=O) groups is 3. The van der Waals surface area contributed by atoms with Gasteiger partial charge in [0.25, 0.3) is 0 Å². The Labute approximate surface area is 435 Å². The van der Waals surface area contributed by atoms with Gasteiger partial charge in [0.05, 0.1) is 0 Å². The van der Waals surface area contributed by atoms with Gasteiger partial charge in [0.15, 0.2) is 6.10 Å². The van der Waals surface area contributed by atoms with Crippen molar-refractivity contribution in [3.63, 3.8) is 0 Å². The van der Waals surface area contributed by atoms with Crippen LogP contribution in [-0.4, -0.2) is 37.2 Å². The van der Waals surface area contributed by atoms with E-state index in [9.17, 15) is 14.4 Å². The van der Waals surface area contributed by atoms with Crippen LogP contribution in [0.25, 0.3) is 0 Å². The van der Waals surface area contributed by atoms with Crippen LogP contribution < -0.4 is 0 Å². The lowest BCUT2D eigenvalue weighted by Crippen LogP contribution is -2.30. The van der Waals surface area contributed by atoms with Crippen LogP contribution in [0, 0.1) is 0 Å². The molecule has 0 aliphatic carbocycles. The smallest absolute Gasteiger partial charge is 0.306 e. The van der Waals surface area contributed by atoms with Crippen molar-refractivity contribution in [2.75, 3.05) is 13.2 Å². The van der Waals surface area contributed by atoms with Gasteiger partial charge < -0.3 is 14.2 Å². The molecular weight excluding hydrogens is 865 g/mol. The van der Waals surface area contributed by atoms with E-state index >= 15 is 0 Å². The standard InChI is InChI=1S/C64H116O6/c1-4-7-10-13-16-18-20-22-24-26-28-30-31-32-33-35-36-38-40-42-44-46-48-51-54-57-63(66)69-60-61(59-68-62(65)56-53-50-15-12-9-6-3)70-64(67)58-55-52-49-47-45-43-41-39-37-34-29-27-25-23-21-19-17-14-11-8-5-2/h8,11,17,19,23,25,29,34,61H,4-7,9-10,12-16,18,20-22,24,26-28,30-33,35-60H2,1-3H3/b11-8-,19-17-,25-23-,34-29-. The number of allylic oxidation sites excluding steroid dienone is 8. The fourth-order valence-corrected chi connectivity index (χ4v) is 9.02. The molecule has 0 saturated carbocycles. The molecule has 0 fully saturated rings. The Morgan fingerprint density at radius 2 is 0.557 bits per heavy atom. The number of hydrogen-bond acceptors (Lipinski definition) is 6. The Balaban J connectivity index is 4.07. The summed E-state index contributed by atoms with van der Waals surface area (Å²) in [7, 11) is 0. The van der Waals surface area contributed by atoms with E-state index in [-0.39, 0.29) is 31.1 Å². The number of unbranched alkanes of at least 4 members (excludes halogenated alkanes) is 37. The maximum Gasteiger partial charge on any atom is 0.306 e. The molecule has 0 aliphatic heterocycles. The van der Waals surface area contributed by atoms with Crippen molar-refractivity contribution in [1.29, 1.82) is 0 Å². The van der Waals surface area contributed by atoms with Gasteiger partial charge in [-0.15, -0.1) is 0 Å². The molecule has 0 bridgehead atoms. The Kier molecular flexibility index (Phi) is 56.7. The minimum absolute atomic E-state index is 0.0728. The van der Waals surface area contributed by atoms with Gasteiger partial charge in [0, 0.05) is 19.3 Å². The summed E-state index contributed by atoms with van der Waals surface area (Å²) in [5.41, 5.74) is 0. The van der Waals surface area contributed by atoms with Crippen LogP contribution in [-0.2, 0) is 28.6 Å². The minimum atomic E-state index is -0.773. The summed E-state index contributed by atoms with van der Waals surface area (Å²) in [6, 6.07) is 0. The highest BCUT2D eigenvalue weighted by Crippen LogP contribution is 2.17. The number of rotatable bonds is 56. The first-order chi connectivity index (χ1) is 34.5. The molecule has 0 heterocycles. The van der Waals surface area contributed by atoms with Gasteiger partial charge in [0.2, 0.25) is 0 Å². The average molecular weight is 982 g/mol. The quantitative estimate of drug-likeness (QED) is 0.0261. The fraction of sp³-hybridized carbons (Fsp3) is 0.828. The lowest BCUT2D eigenvalue weighted by molar-refractivity contribution is -0.167. The normalized spacial score (nSPS) is 12.3. The second-order valence-corrected chi connectivity index (χ2v) is 20.6. The number of hydrogen-bond donors (Lipinski definition) is 0. The first kappa shape index (κ1) is 67.4. The van der Waals surface area contributed by atoms with Gasteiger partial charge in [0.1, 0.15) is 13.2 Å². The van der Waals surface area contributed by atoms with Gasteiger partial charge in [-0.25, -0.2) is 0 Å². The van der Waals surface area contributed by atoms with Crippen molar-refractivity contribution in [3.8, 4) is 0 Å². The topological polar surface area (TPSA) is 78.9 Å². The monoisotopic (exact) mass is 981 g/mol. The molecule has 0 aromatic heterocycles. The summed E-state index contributed by atoms with van der Waals surface area (Å²) in [6.45, 7) is 6.51. The molecule has 0 radical (unpaired) electrons. The molecule has 0 aromatic carbocycles. The molecule has 0 amide bonds. The summed E-state index contributed by atoms with van der Waals surface area (Å²) >= 11 is 0. The van der Waals surface area contributed by atoms with Crippen molar-refractivity contribution >= 4 is 17.9 Å². The van der Waals surface area contributed by atoms with Crippen LogP contribution in [0.5, 0.6) is 0 Å². The van der Waals surface area contributed by atoms with E-state index in [1.807, 2.05) is 0 Å². The molecule has 70 heavy (non-hydrogen) atoms. The first-order valence-corrected chi connectivity index (χ1v) is 30.6. The van der Waals surface area contributed by atoms with Crippen LogP contribution in [0.15, 0.2) is 48.6 Å². The van der Waals surface area contributed by atoms with Crippen molar-refractivity contribution < 1.29 is 28.6 Å². The minimum Gasteiger partial charge on any atom is -0.462 e. The number of carbonyl (C=O) groups excluding carboxylic acids is 3. The van der Waals surface area contributed by atoms with Crippen molar-refractivity contribution in [2.24, 2.45) is 0 Å². The molecule has 6 nitrogen and oxygen atoms in total. The SMILES string of the molecule is CC/C=C\C/C=C\C/C=C\C/C=C\CCCCCCCCCCC(=O)OC(COC(=O)CCCCCCCC)COC(=O)CCCCCCCCCCCCCCCCCCCCCCCCCCC. The van der Waals surface area contributed by atoms with Gasteiger partial charge >= 0.3 is 17.9 Å². The molecule has 0 aromatic rings. The molecule has 0 N–H and O–H groups in total. The second kappa shape index (κ2) is 58.9. The Hall–Kier alpha value is -2.63. The zero-order valence-electron chi connectivity index (χ0n) is 46.8. The van der Waals surface area contributed by atoms with E-state index in [0.29, 0.717) is 19.3 Å². The second-order valence-electron chi connectivity index (χ2n) is 20.6. The molecule has 0 saturated heterocycles. The van der Waals surface area contributed by atoms with E-state index in [1.54, 1.807) is 0 Å². The highest BCUT2D eigenvalue weighted by Gasteiger charge is 2.19. The average Bonchev–Trinajstić information content (AvgIpc) is 3.36. The molecular formula is C64H116O6. The van der Waals surface area contributed by atoms with Crippen LogP contribution in [0.2, 0.25) is 0 Å². The van der Waals surface area contributed by atoms with Gasteiger partial charge in [-0.3, -0.25) is 14.4 Å². The highest BCUT2D eigenvalue weighted by atomic mass is 16.6. The zero-order valence-corrected chi connectivity index (χ0v) is 46.8. The molecule has 1 unspecified atom stereocenters. The van der Waals surface area contributed by atoms with Crippen molar-refractivity contribution in [3.05, 3.63) is 48.6 Å². The van der Waals surface area contributed by atoms with Crippen molar-refractivity contribution in [1.82, 2.24) is 0 Å². The molecule has 408 valence electrons. The van der Waals surface area contributed by atoms with Crippen LogP contribution in [0.1, 0.15) is 323 Å². The molecule has 0 rings (SSSR count). The third-order valence-electron chi connectivity index (χ3n) is 13.6.